The van der Waals surface area contributed by atoms with Gasteiger partial charge in [0, 0.05) is 6.42 Å². The fraction of sp³-hybridized carbons (Fsp3) is 0.250. The first-order valence-electron chi connectivity index (χ1n) is 8.20. The molecule has 2 nitrogen and oxygen atoms in total. The van der Waals surface area contributed by atoms with E-state index in [1.54, 1.807) is 24.3 Å². The fourth-order valence-corrected chi connectivity index (χ4v) is 2.53. The van der Waals surface area contributed by atoms with Crippen molar-refractivity contribution < 1.29 is 35.9 Å². The maximum absolute atomic E-state index is 12.9. The van der Waals surface area contributed by atoms with Crippen LogP contribution in [0.4, 0.5) is 26.3 Å². The second-order valence-corrected chi connectivity index (χ2v) is 5.93. The summed E-state index contributed by atoms with van der Waals surface area (Å²) in [4.78, 5) is 11.2. The summed E-state index contributed by atoms with van der Waals surface area (Å²) in [5.74, 6) is -2.40. The molecule has 150 valence electrons. The summed E-state index contributed by atoms with van der Waals surface area (Å²) in [5.41, 5.74) is 0.418. The highest BCUT2D eigenvalue weighted by molar-refractivity contribution is 5.76. The van der Waals surface area contributed by atoms with E-state index < -0.39 is 30.8 Å². The third-order valence-electron chi connectivity index (χ3n) is 3.77. The van der Waals surface area contributed by atoms with E-state index in [1.807, 2.05) is 0 Å². The van der Waals surface area contributed by atoms with Gasteiger partial charge in [0.25, 0.3) is 0 Å². The Hall–Kier alpha value is -2.77. The number of halogens is 6. The highest BCUT2D eigenvalue weighted by atomic mass is 19.4. The second-order valence-electron chi connectivity index (χ2n) is 5.93. The second kappa shape index (κ2) is 8.95. The number of hydrogen-bond donors (Lipinski definition) is 0. The smallest absolute Gasteiger partial charge is 0.451 e. The molecule has 0 aliphatic heterocycles. The third-order valence-corrected chi connectivity index (χ3v) is 3.77. The monoisotopic (exact) mass is 402 g/mol. The molecule has 0 radical (unpaired) electrons. The van der Waals surface area contributed by atoms with E-state index in [9.17, 15) is 31.1 Å². The van der Waals surface area contributed by atoms with Crippen molar-refractivity contribution in [1.82, 2.24) is 0 Å². The molecule has 0 spiro atoms. The van der Waals surface area contributed by atoms with Gasteiger partial charge in [0.05, 0.1) is 6.42 Å². The average Bonchev–Trinajstić information content (AvgIpc) is 2.63. The van der Waals surface area contributed by atoms with Crippen LogP contribution in [0.1, 0.15) is 30.1 Å². The van der Waals surface area contributed by atoms with Gasteiger partial charge in [-0.2, -0.15) is 26.3 Å². The van der Waals surface area contributed by atoms with Gasteiger partial charge in [0.15, 0.2) is 0 Å². The van der Waals surface area contributed by atoms with Gasteiger partial charge in [0.2, 0.25) is 0 Å². The van der Waals surface area contributed by atoms with Gasteiger partial charge in [-0.05, 0) is 16.7 Å². The van der Waals surface area contributed by atoms with E-state index in [2.05, 4.69) is 4.74 Å². The molecule has 1 unspecified atom stereocenters. The Morgan fingerprint density at radius 1 is 0.893 bits per heavy atom. The molecule has 0 N–H and O–H groups in total. The molecular weight excluding hydrogens is 386 g/mol. The van der Waals surface area contributed by atoms with Crippen LogP contribution in [-0.4, -0.2) is 18.3 Å². The van der Waals surface area contributed by atoms with Crippen molar-refractivity contribution in [2.24, 2.45) is 0 Å². The highest BCUT2D eigenvalue weighted by Gasteiger charge is 2.42. The van der Waals surface area contributed by atoms with Crippen LogP contribution >= 0.6 is 0 Å². The largest absolute Gasteiger partial charge is 0.490 e. The van der Waals surface area contributed by atoms with Crippen LogP contribution in [0.5, 0.6) is 0 Å². The number of ether oxygens (including phenoxy) is 1. The van der Waals surface area contributed by atoms with E-state index in [0.29, 0.717) is 0 Å². The number of hydrogen-bond acceptors (Lipinski definition) is 2. The van der Waals surface area contributed by atoms with Crippen LogP contribution in [0.3, 0.4) is 0 Å². The van der Waals surface area contributed by atoms with Crippen molar-refractivity contribution in [3.8, 4) is 0 Å². The third kappa shape index (κ3) is 6.75. The molecule has 0 aliphatic carbocycles. The first-order valence-corrected chi connectivity index (χ1v) is 8.20. The molecule has 0 fully saturated rings. The lowest BCUT2D eigenvalue weighted by molar-refractivity contribution is -0.205. The molecule has 2 aromatic carbocycles. The Labute approximate surface area is 157 Å². The van der Waals surface area contributed by atoms with Crippen molar-refractivity contribution in [2.45, 2.75) is 31.3 Å². The summed E-state index contributed by atoms with van der Waals surface area (Å²) in [7, 11) is 0. The topological polar surface area (TPSA) is 26.3 Å². The van der Waals surface area contributed by atoms with Gasteiger partial charge in [-0.25, -0.2) is 4.79 Å². The van der Waals surface area contributed by atoms with E-state index in [-0.39, 0.29) is 23.1 Å². The van der Waals surface area contributed by atoms with Crippen LogP contribution in [0.15, 0.2) is 66.7 Å². The molecule has 0 heterocycles. The van der Waals surface area contributed by atoms with Crippen molar-refractivity contribution in [2.75, 3.05) is 0 Å². The molecule has 0 saturated carbocycles. The lowest BCUT2D eigenvalue weighted by Crippen LogP contribution is -2.27. The van der Waals surface area contributed by atoms with E-state index in [0.717, 1.165) is 6.08 Å². The summed E-state index contributed by atoms with van der Waals surface area (Å²) in [5, 5.41) is 0. The Morgan fingerprint density at radius 3 is 1.93 bits per heavy atom. The summed E-state index contributed by atoms with van der Waals surface area (Å²) in [6, 6.07) is 15.2. The molecule has 28 heavy (non-hydrogen) atoms. The minimum Gasteiger partial charge on any atom is -0.451 e. The lowest BCUT2D eigenvalue weighted by Gasteiger charge is -2.19. The zero-order valence-electron chi connectivity index (χ0n) is 14.4. The summed E-state index contributed by atoms with van der Waals surface area (Å²) in [6.07, 6.45) is -11.5. The van der Waals surface area contributed by atoms with Crippen LogP contribution in [0.2, 0.25) is 0 Å². The maximum Gasteiger partial charge on any atom is 0.490 e. The average molecular weight is 402 g/mol. The summed E-state index contributed by atoms with van der Waals surface area (Å²) >= 11 is 0. The summed E-state index contributed by atoms with van der Waals surface area (Å²) in [6.45, 7) is 0. The summed E-state index contributed by atoms with van der Waals surface area (Å²) < 4.78 is 81.0. The number of rotatable bonds is 6. The van der Waals surface area contributed by atoms with Crippen molar-refractivity contribution in [3.63, 3.8) is 0 Å². The Kier molecular flexibility index (Phi) is 6.88. The van der Waals surface area contributed by atoms with Gasteiger partial charge in [-0.1, -0.05) is 66.7 Å². The molecule has 2 rings (SSSR count). The predicted octanol–water partition coefficient (Wildman–Crippen LogP) is 6.26. The molecule has 0 bridgehead atoms. The van der Waals surface area contributed by atoms with Crippen molar-refractivity contribution >= 4 is 11.5 Å². The van der Waals surface area contributed by atoms with E-state index >= 15 is 0 Å². The number of alkyl halides is 6. The zero-order chi connectivity index (χ0) is 20.8. The van der Waals surface area contributed by atoms with Crippen LogP contribution in [0.25, 0.3) is 5.57 Å². The fourth-order valence-electron chi connectivity index (χ4n) is 2.53. The zero-order valence-corrected chi connectivity index (χ0v) is 14.4. The van der Waals surface area contributed by atoms with Crippen molar-refractivity contribution in [1.29, 1.82) is 0 Å². The molecule has 1 atom stereocenters. The molecule has 0 amide bonds. The predicted molar refractivity (Wildman–Crippen MR) is 91.0 cm³/mol. The number of benzene rings is 2. The lowest BCUT2D eigenvalue weighted by atomic mass is 9.98. The number of carbonyl (C=O) groups is 1. The molecule has 0 aliphatic rings. The minimum absolute atomic E-state index is 0.114. The Bertz CT molecular complexity index is 795. The van der Waals surface area contributed by atoms with E-state index in [4.69, 9.17) is 0 Å². The number of esters is 1. The Morgan fingerprint density at radius 2 is 1.43 bits per heavy atom. The van der Waals surface area contributed by atoms with Crippen LogP contribution < -0.4 is 0 Å². The van der Waals surface area contributed by atoms with Gasteiger partial charge in [0.1, 0.15) is 6.10 Å². The number of carbonyl (C=O) groups excluding carboxylic acids is 1. The van der Waals surface area contributed by atoms with Crippen LogP contribution in [0, 0.1) is 0 Å². The normalized spacial score (nSPS) is 13.9. The molecule has 0 saturated heterocycles. The number of allylic oxidation sites excluding steroid dienone is 1. The van der Waals surface area contributed by atoms with Crippen molar-refractivity contribution in [3.05, 3.63) is 77.9 Å². The molecule has 2 aromatic rings. The van der Waals surface area contributed by atoms with Crippen LogP contribution in [-0.2, 0) is 9.53 Å². The first kappa shape index (κ1) is 21.5. The van der Waals surface area contributed by atoms with Gasteiger partial charge < -0.3 is 4.74 Å². The minimum atomic E-state index is -5.20. The quantitative estimate of drug-likeness (QED) is 0.421. The first-order chi connectivity index (χ1) is 13.1. The SMILES string of the molecule is O=C(OC(C/C=C(/CC(F)(F)F)c1ccccc1)c1ccccc1)C(F)(F)F. The molecule has 8 heteroatoms. The molecule has 0 aromatic heterocycles. The highest BCUT2D eigenvalue weighted by Crippen LogP contribution is 2.33. The molecular formula is C20H16F6O2. The van der Waals surface area contributed by atoms with Gasteiger partial charge in [-0.15, -0.1) is 0 Å². The Balaban J connectivity index is 2.33. The standard InChI is InChI=1S/C20H16F6O2/c21-19(22,23)13-16(14-7-3-1-4-8-14)11-12-17(15-9-5-2-6-10-15)28-18(27)20(24,25)26/h1-11,17H,12-13H2/b16-11-. The van der Waals surface area contributed by atoms with E-state index in [1.165, 1.54) is 36.4 Å². The van der Waals surface area contributed by atoms with Gasteiger partial charge in [-0.3, -0.25) is 0 Å². The van der Waals surface area contributed by atoms with Gasteiger partial charge >= 0.3 is 18.3 Å². The maximum atomic E-state index is 12.9.